The van der Waals surface area contributed by atoms with Gasteiger partial charge in [0.1, 0.15) is 5.82 Å². The van der Waals surface area contributed by atoms with Crippen molar-refractivity contribution in [3.8, 4) is 0 Å². The van der Waals surface area contributed by atoms with Crippen LogP contribution in [0.15, 0.2) is 12.1 Å². The third-order valence-corrected chi connectivity index (χ3v) is 4.01. The van der Waals surface area contributed by atoms with Crippen LogP contribution in [0, 0.1) is 11.6 Å². The van der Waals surface area contributed by atoms with Gasteiger partial charge in [0.05, 0.1) is 11.0 Å². The smallest absolute Gasteiger partial charge is 0.161 e. The van der Waals surface area contributed by atoms with Crippen molar-refractivity contribution in [1.82, 2.24) is 9.55 Å². The number of aromatic nitrogens is 2. The molecule has 3 rings (SSSR count). The number of benzene rings is 1. The maximum atomic E-state index is 13.5. The number of imidazole rings is 1. The third-order valence-electron chi connectivity index (χ3n) is 4.01. The van der Waals surface area contributed by atoms with Crippen LogP contribution in [0.25, 0.3) is 11.0 Å². The zero-order valence-corrected chi connectivity index (χ0v) is 10.9. The molecule has 19 heavy (non-hydrogen) atoms. The van der Waals surface area contributed by atoms with Crippen molar-refractivity contribution in [3.63, 3.8) is 0 Å². The van der Waals surface area contributed by atoms with E-state index in [1.807, 2.05) is 11.5 Å². The van der Waals surface area contributed by atoms with Crippen molar-refractivity contribution in [2.45, 2.75) is 38.1 Å². The average Bonchev–Trinajstić information content (AvgIpc) is 2.65. The molecule has 1 aromatic carbocycles. The van der Waals surface area contributed by atoms with Crippen LogP contribution in [0.1, 0.15) is 44.0 Å². The summed E-state index contributed by atoms with van der Waals surface area (Å²) in [4.78, 5) is 4.51. The standard InChI is InChI=1S/C14H17F2N3/c1-8(7-17)19-13-6-11(16)10(15)5-12(13)18-14(19)9-3-2-4-9/h5-6,8-9H,2-4,7,17H2,1H3. The minimum absolute atomic E-state index is 0.0328. The molecule has 1 aromatic heterocycles. The summed E-state index contributed by atoms with van der Waals surface area (Å²) in [6.07, 6.45) is 3.37. The number of fused-ring (bicyclic) bond motifs is 1. The second-order valence-electron chi connectivity index (χ2n) is 5.31. The van der Waals surface area contributed by atoms with E-state index in [1.54, 1.807) is 0 Å². The van der Waals surface area contributed by atoms with Crippen molar-refractivity contribution < 1.29 is 8.78 Å². The van der Waals surface area contributed by atoms with E-state index in [-0.39, 0.29) is 6.04 Å². The Hall–Kier alpha value is -1.49. The summed E-state index contributed by atoms with van der Waals surface area (Å²) >= 11 is 0. The predicted octanol–water partition coefficient (Wildman–Crippen LogP) is 3.10. The Balaban J connectivity index is 2.23. The lowest BCUT2D eigenvalue weighted by molar-refractivity contribution is 0.378. The van der Waals surface area contributed by atoms with Crippen LogP contribution < -0.4 is 5.73 Å². The van der Waals surface area contributed by atoms with E-state index < -0.39 is 11.6 Å². The Bertz CT molecular complexity index is 617. The van der Waals surface area contributed by atoms with Gasteiger partial charge in [0, 0.05) is 30.6 Å². The Kier molecular flexibility index (Phi) is 3.01. The molecular weight excluding hydrogens is 248 g/mol. The van der Waals surface area contributed by atoms with E-state index in [0.29, 0.717) is 23.5 Å². The van der Waals surface area contributed by atoms with Crippen LogP contribution in [0.3, 0.4) is 0 Å². The molecule has 3 nitrogen and oxygen atoms in total. The second-order valence-corrected chi connectivity index (χ2v) is 5.31. The maximum absolute atomic E-state index is 13.5. The van der Waals surface area contributed by atoms with Crippen molar-refractivity contribution in [2.24, 2.45) is 5.73 Å². The minimum atomic E-state index is -0.849. The van der Waals surface area contributed by atoms with Gasteiger partial charge in [-0.05, 0) is 19.8 Å². The van der Waals surface area contributed by atoms with Gasteiger partial charge in [-0.1, -0.05) is 6.42 Å². The van der Waals surface area contributed by atoms with Gasteiger partial charge in [0.15, 0.2) is 11.6 Å². The van der Waals surface area contributed by atoms with Crippen molar-refractivity contribution in [2.75, 3.05) is 6.54 Å². The molecule has 5 heteroatoms. The molecule has 1 aliphatic rings. The fourth-order valence-electron chi connectivity index (χ4n) is 2.63. The molecule has 1 aliphatic carbocycles. The first-order chi connectivity index (χ1) is 9.11. The van der Waals surface area contributed by atoms with Gasteiger partial charge in [-0.15, -0.1) is 0 Å². The van der Waals surface area contributed by atoms with Crippen LogP contribution in [0.5, 0.6) is 0 Å². The topological polar surface area (TPSA) is 43.8 Å². The highest BCUT2D eigenvalue weighted by molar-refractivity contribution is 5.76. The van der Waals surface area contributed by atoms with Gasteiger partial charge < -0.3 is 10.3 Å². The molecule has 0 aliphatic heterocycles. The lowest BCUT2D eigenvalue weighted by Crippen LogP contribution is -2.22. The summed E-state index contributed by atoms with van der Waals surface area (Å²) in [7, 11) is 0. The molecule has 0 spiro atoms. The maximum Gasteiger partial charge on any atom is 0.161 e. The molecule has 0 bridgehead atoms. The number of nitrogens with two attached hydrogens (primary N) is 1. The van der Waals surface area contributed by atoms with Gasteiger partial charge in [-0.25, -0.2) is 13.8 Å². The molecule has 102 valence electrons. The van der Waals surface area contributed by atoms with E-state index in [9.17, 15) is 8.78 Å². The first-order valence-electron chi connectivity index (χ1n) is 6.68. The molecule has 1 fully saturated rings. The van der Waals surface area contributed by atoms with Crippen LogP contribution in [-0.2, 0) is 0 Å². The Labute approximate surface area is 110 Å². The molecule has 0 amide bonds. The number of hydrogen-bond acceptors (Lipinski definition) is 2. The highest BCUT2D eigenvalue weighted by atomic mass is 19.2. The summed E-state index contributed by atoms with van der Waals surface area (Å²) < 4.78 is 28.7. The summed E-state index contributed by atoms with van der Waals surface area (Å²) in [5.41, 5.74) is 6.89. The van der Waals surface area contributed by atoms with Crippen LogP contribution in [-0.4, -0.2) is 16.1 Å². The van der Waals surface area contributed by atoms with Gasteiger partial charge in [0.2, 0.25) is 0 Å². The summed E-state index contributed by atoms with van der Waals surface area (Å²) in [5.74, 6) is -0.368. The first-order valence-corrected chi connectivity index (χ1v) is 6.68. The number of hydrogen-bond donors (Lipinski definition) is 1. The molecule has 0 radical (unpaired) electrons. The molecule has 1 atom stereocenters. The van der Waals surface area contributed by atoms with Crippen LogP contribution in [0.2, 0.25) is 0 Å². The molecule has 2 aromatic rings. The first kappa shape index (κ1) is 12.5. The largest absolute Gasteiger partial charge is 0.328 e. The van der Waals surface area contributed by atoms with Gasteiger partial charge in [-0.2, -0.15) is 0 Å². The predicted molar refractivity (Wildman–Crippen MR) is 70.0 cm³/mol. The SMILES string of the molecule is CC(CN)n1c(C2CCC2)nc2cc(F)c(F)cc21. The fourth-order valence-corrected chi connectivity index (χ4v) is 2.63. The summed E-state index contributed by atoms with van der Waals surface area (Å²) in [6, 6.07) is 2.43. The van der Waals surface area contributed by atoms with E-state index >= 15 is 0 Å². The van der Waals surface area contributed by atoms with Crippen molar-refractivity contribution in [3.05, 3.63) is 29.6 Å². The van der Waals surface area contributed by atoms with Crippen LogP contribution >= 0.6 is 0 Å². The third kappa shape index (κ3) is 1.92. The zero-order valence-electron chi connectivity index (χ0n) is 10.9. The van der Waals surface area contributed by atoms with Gasteiger partial charge >= 0.3 is 0 Å². The lowest BCUT2D eigenvalue weighted by atomic mass is 9.84. The number of rotatable bonds is 3. The normalized spacial score (nSPS) is 17.7. The molecule has 2 N–H and O–H groups in total. The minimum Gasteiger partial charge on any atom is -0.328 e. The summed E-state index contributed by atoms with van der Waals surface area (Å²) in [5, 5.41) is 0. The molecular formula is C14H17F2N3. The lowest BCUT2D eigenvalue weighted by Gasteiger charge is -2.27. The number of nitrogens with zero attached hydrogens (tertiary/aromatic N) is 2. The Morgan fingerprint density at radius 3 is 2.63 bits per heavy atom. The second kappa shape index (κ2) is 4.56. The zero-order chi connectivity index (χ0) is 13.6. The average molecular weight is 265 g/mol. The molecule has 1 unspecified atom stereocenters. The van der Waals surface area contributed by atoms with E-state index in [1.165, 1.54) is 18.6 Å². The van der Waals surface area contributed by atoms with Crippen LogP contribution in [0.4, 0.5) is 8.78 Å². The quantitative estimate of drug-likeness (QED) is 0.926. The number of halogens is 2. The van der Waals surface area contributed by atoms with E-state index in [2.05, 4.69) is 4.98 Å². The van der Waals surface area contributed by atoms with E-state index in [4.69, 9.17) is 5.73 Å². The van der Waals surface area contributed by atoms with E-state index in [0.717, 1.165) is 18.7 Å². The molecule has 1 saturated carbocycles. The molecule has 0 saturated heterocycles. The fraction of sp³-hybridized carbons (Fsp3) is 0.500. The monoisotopic (exact) mass is 265 g/mol. The van der Waals surface area contributed by atoms with Gasteiger partial charge in [0.25, 0.3) is 0 Å². The Morgan fingerprint density at radius 2 is 2.05 bits per heavy atom. The van der Waals surface area contributed by atoms with Gasteiger partial charge in [-0.3, -0.25) is 0 Å². The highest BCUT2D eigenvalue weighted by Gasteiger charge is 2.27. The van der Waals surface area contributed by atoms with Crippen molar-refractivity contribution in [1.29, 1.82) is 0 Å². The Morgan fingerprint density at radius 1 is 1.37 bits per heavy atom. The highest BCUT2D eigenvalue weighted by Crippen LogP contribution is 2.38. The molecule has 1 heterocycles. The van der Waals surface area contributed by atoms with Crippen molar-refractivity contribution >= 4 is 11.0 Å². The summed E-state index contributed by atoms with van der Waals surface area (Å²) in [6.45, 7) is 2.43.